The Morgan fingerprint density at radius 2 is 1.91 bits per heavy atom. The molecule has 236 valence electrons. The minimum Gasteiger partial charge on any atom is -0.493 e. The number of aromatic nitrogens is 2. The Hall–Kier alpha value is -4.91. The molecule has 0 bridgehead atoms. The Labute approximate surface area is 261 Å². The Kier molecular flexibility index (Phi) is 8.96. The van der Waals surface area contributed by atoms with E-state index < -0.39 is 0 Å². The number of rotatable bonds is 10. The van der Waals surface area contributed by atoms with E-state index in [9.17, 15) is 14.4 Å². The summed E-state index contributed by atoms with van der Waals surface area (Å²) in [5.74, 6) is 1.18. The quantitative estimate of drug-likeness (QED) is 0.330. The second kappa shape index (κ2) is 13.4. The van der Waals surface area contributed by atoms with Crippen LogP contribution in [0.2, 0.25) is 0 Å². The van der Waals surface area contributed by atoms with Gasteiger partial charge in [-0.1, -0.05) is 0 Å². The van der Waals surface area contributed by atoms with Crippen molar-refractivity contribution >= 4 is 46.8 Å². The zero-order chi connectivity index (χ0) is 31.3. The van der Waals surface area contributed by atoms with Crippen LogP contribution < -0.4 is 25.0 Å². The van der Waals surface area contributed by atoms with Crippen LogP contribution in [-0.2, 0) is 16.6 Å². The molecule has 5 heterocycles. The lowest BCUT2D eigenvalue weighted by molar-refractivity contribution is -0.116. The van der Waals surface area contributed by atoms with Crippen molar-refractivity contribution in [3.8, 4) is 11.5 Å². The predicted molar refractivity (Wildman–Crippen MR) is 169 cm³/mol. The summed E-state index contributed by atoms with van der Waals surface area (Å²) < 4.78 is 18.5. The first kappa shape index (κ1) is 30.1. The number of aliphatic imine (C=N–C) groups is 1. The predicted octanol–water partition coefficient (Wildman–Crippen LogP) is 3.64. The molecular weight excluding hydrogens is 578 g/mol. The van der Waals surface area contributed by atoms with Crippen molar-refractivity contribution in [2.75, 3.05) is 62.1 Å². The van der Waals surface area contributed by atoms with Crippen molar-refractivity contribution in [2.24, 2.45) is 12.0 Å². The molecule has 2 N–H and O–H groups in total. The van der Waals surface area contributed by atoms with Gasteiger partial charge in [0, 0.05) is 51.6 Å². The van der Waals surface area contributed by atoms with Crippen LogP contribution in [0.1, 0.15) is 46.5 Å². The number of anilines is 3. The molecule has 3 aliphatic heterocycles. The van der Waals surface area contributed by atoms with Gasteiger partial charge in [0.25, 0.3) is 11.8 Å². The number of nitrogens with one attached hydrogen (secondary N) is 2. The lowest BCUT2D eigenvalue weighted by Gasteiger charge is -2.27. The highest BCUT2D eigenvalue weighted by molar-refractivity contribution is 6.05. The first-order valence-electron chi connectivity index (χ1n) is 15.2. The molecule has 13 nitrogen and oxygen atoms in total. The van der Waals surface area contributed by atoms with Gasteiger partial charge >= 0.3 is 0 Å². The fourth-order valence-corrected chi connectivity index (χ4v) is 5.75. The number of methoxy groups -OCH3 is 1. The van der Waals surface area contributed by atoms with E-state index >= 15 is 0 Å². The second-order valence-electron chi connectivity index (χ2n) is 11.2. The summed E-state index contributed by atoms with van der Waals surface area (Å²) in [5.41, 5.74) is 2.53. The highest BCUT2D eigenvalue weighted by atomic mass is 16.5. The topological polar surface area (TPSA) is 140 Å². The zero-order valence-corrected chi connectivity index (χ0v) is 25.5. The number of amides is 3. The molecule has 1 unspecified atom stereocenters. The summed E-state index contributed by atoms with van der Waals surface area (Å²) in [6, 6.07) is 8.74. The molecule has 2 fully saturated rings. The van der Waals surface area contributed by atoms with E-state index in [-0.39, 0.29) is 36.8 Å². The summed E-state index contributed by atoms with van der Waals surface area (Å²) in [7, 11) is 3.27. The summed E-state index contributed by atoms with van der Waals surface area (Å²) in [5, 5.41) is 5.71. The number of carbonyl (C=O) groups excluding carboxylic acids is 3. The molecule has 2 aromatic heterocycles. The van der Waals surface area contributed by atoms with Crippen LogP contribution in [0.25, 0.3) is 0 Å². The molecule has 3 aliphatic rings. The van der Waals surface area contributed by atoms with Crippen molar-refractivity contribution in [3.63, 3.8) is 0 Å². The standard InChI is InChI=1S/C32H37N7O6/c1-37-20-22(15-26(37)31(41)36-21-7-8-29(34-18-21)38-10-13-44-14-11-38)35-30(40)6-4-12-45-28-17-25-24(16-27(28)43-2)32(42)39-9-3-5-23(39)19-33-25/h7-8,15-20,23H,3-6,9-14H2,1-2H3,(H,35,40)(H,36,41). The number of benzene rings is 1. The molecule has 0 radical (unpaired) electrons. The highest BCUT2D eigenvalue weighted by Gasteiger charge is 2.32. The van der Waals surface area contributed by atoms with Gasteiger partial charge in [0.05, 0.1) is 61.8 Å². The average molecular weight is 616 g/mol. The smallest absolute Gasteiger partial charge is 0.272 e. The van der Waals surface area contributed by atoms with Crippen LogP contribution in [0.3, 0.4) is 0 Å². The third kappa shape index (κ3) is 6.78. The Morgan fingerprint density at radius 1 is 1.07 bits per heavy atom. The van der Waals surface area contributed by atoms with Crippen LogP contribution >= 0.6 is 0 Å². The van der Waals surface area contributed by atoms with Crippen molar-refractivity contribution < 1.29 is 28.6 Å². The lowest BCUT2D eigenvalue weighted by Crippen LogP contribution is -2.36. The maximum Gasteiger partial charge on any atom is 0.272 e. The molecule has 0 saturated carbocycles. The number of hydrogen-bond donors (Lipinski definition) is 2. The number of carbonyl (C=O) groups is 3. The molecule has 45 heavy (non-hydrogen) atoms. The lowest BCUT2D eigenvalue weighted by atomic mass is 10.1. The van der Waals surface area contributed by atoms with Gasteiger partial charge in [0.2, 0.25) is 5.91 Å². The minimum absolute atomic E-state index is 0.0179. The SMILES string of the molecule is COc1cc2c(cc1OCCCC(=O)Nc1cc(C(=O)Nc3ccc(N4CCOCC4)nc3)n(C)c1)N=CC1CCCN1C2=O. The summed E-state index contributed by atoms with van der Waals surface area (Å²) >= 11 is 0. The molecule has 6 rings (SSSR count). The van der Waals surface area contributed by atoms with E-state index in [4.69, 9.17) is 14.2 Å². The molecule has 1 aromatic carbocycles. The zero-order valence-electron chi connectivity index (χ0n) is 25.5. The molecule has 3 amide bonds. The van der Waals surface area contributed by atoms with Gasteiger partial charge in [-0.15, -0.1) is 0 Å². The van der Waals surface area contributed by atoms with E-state index in [2.05, 4.69) is 25.5 Å². The molecular formula is C32H37N7O6. The normalized spacial score (nSPS) is 17.4. The van der Waals surface area contributed by atoms with Crippen molar-refractivity contribution in [1.29, 1.82) is 0 Å². The van der Waals surface area contributed by atoms with E-state index in [1.165, 1.54) is 7.11 Å². The van der Waals surface area contributed by atoms with E-state index in [0.717, 1.165) is 38.3 Å². The summed E-state index contributed by atoms with van der Waals surface area (Å²) in [6.07, 6.45) is 7.68. The number of morpholine rings is 1. The number of ether oxygens (including phenoxy) is 3. The first-order valence-corrected chi connectivity index (χ1v) is 15.2. The van der Waals surface area contributed by atoms with Gasteiger partial charge in [-0.3, -0.25) is 19.4 Å². The maximum absolute atomic E-state index is 13.1. The Balaban J connectivity index is 0.992. The van der Waals surface area contributed by atoms with Crippen LogP contribution in [-0.4, -0.2) is 91.0 Å². The maximum atomic E-state index is 13.1. The highest BCUT2D eigenvalue weighted by Crippen LogP contribution is 2.38. The monoisotopic (exact) mass is 615 g/mol. The first-order chi connectivity index (χ1) is 21.9. The molecule has 13 heteroatoms. The second-order valence-corrected chi connectivity index (χ2v) is 11.2. The minimum atomic E-state index is -0.312. The van der Waals surface area contributed by atoms with Crippen molar-refractivity contribution in [3.05, 3.63) is 54.0 Å². The molecule has 2 saturated heterocycles. The fourth-order valence-electron chi connectivity index (χ4n) is 5.75. The third-order valence-corrected chi connectivity index (χ3v) is 8.13. The molecule has 1 atom stereocenters. The Bertz CT molecular complexity index is 1600. The van der Waals surface area contributed by atoms with Gasteiger partial charge in [-0.25, -0.2) is 4.98 Å². The van der Waals surface area contributed by atoms with E-state index in [0.29, 0.717) is 59.5 Å². The van der Waals surface area contributed by atoms with E-state index in [1.807, 2.05) is 23.2 Å². The Morgan fingerprint density at radius 3 is 2.69 bits per heavy atom. The van der Waals surface area contributed by atoms with Gasteiger partial charge in [-0.05, 0) is 43.5 Å². The number of aryl methyl sites for hydroxylation is 1. The largest absolute Gasteiger partial charge is 0.493 e. The van der Waals surface area contributed by atoms with Gasteiger partial charge in [0.1, 0.15) is 11.5 Å². The average Bonchev–Trinajstić information content (AvgIpc) is 3.65. The van der Waals surface area contributed by atoms with Crippen molar-refractivity contribution in [1.82, 2.24) is 14.5 Å². The molecule has 0 aliphatic carbocycles. The number of nitrogens with zero attached hydrogens (tertiary/aromatic N) is 5. The van der Waals surface area contributed by atoms with Gasteiger partial charge in [-0.2, -0.15) is 0 Å². The fraction of sp³-hybridized carbons (Fsp3) is 0.406. The number of pyridine rings is 1. The number of fused-ring (bicyclic) bond motifs is 2. The summed E-state index contributed by atoms with van der Waals surface area (Å²) in [4.78, 5) is 51.7. The van der Waals surface area contributed by atoms with Crippen LogP contribution in [0.5, 0.6) is 11.5 Å². The van der Waals surface area contributed by atoms with Crippen LogP contribution in [0.15, 0.2) is 47.7 Å². The summed E-state index contributed by atoms with van der Waals surface area (Å²) in [6.45, 7) is 3.89. The molecule has 0 spiro atoms. The van der Waals surface area contributed by atoms with Crippen molar-refractivity contribution in [2.45, 2.75) is 31.7 Å². The molecule has 3 aromatic rings. The van der Waals surface area contributed by atoms with E-state index in [1.54, 1.807) is 42.2 Å². The third-order valence-electron chi connectivity index (χ3n) is 8.13. The van der Waals surface area contributed by atoms with Gasteiger partial charge in [0.15, 0.2) is 11.5 Å². The van der Waals surface area contributed by atoms with Crippen LogP contribution in [0.4, 0.5) is 22.9 Å². The van der Waals surface area contributed by atoms with Crippen LogP contribution in [0, 0.1) is 0 Å². The number of hydrogen-bond acceptors (Lipinski definition) is 9. The van der Waals surface area contributed by atoms with Gasteiger partial charge < -0.3 is 39.2 Å².